The minimum atomic E-state index is -0.579. The lowest BCUT2D eigenvalue weighted by Gasteiger charge is -2.08. The highest BCUT2D eigenvalue weighted by molar-refractivity contribution is 5.55. The quantitative estimate of drug-likeness (QED) is 0.589. The third-order valence-electron chi connectivity index (χ3n) is 4.20. The minimum absolute atomic E-state index is 0.00687. The molecule has 0 bridgehead atoms. The van der Waals surface area contributed by atoms with Crippen LogP contribution in [0.2, 0.25) is 0 Å². The summed E-state index contributed by atoms with van der Waals surface area (Å²) in [7, 11) is 0. The summed E-state index contributed by atoms with van der Waals surface area (Å²) in [6, 6.07) is 13.8. The van der Waals surface area contributed by atoms with Gasteiger partial charge in [-0.25, -0.2) is 14.4 Å². The molecule has 4 nitrogen and oxygen atoms in total. The SMILES string of the molecule is CCCCc1cnc(-c2ccc(COc3ccc(C#N)c(F)c3)cc2)nc1. The van der Waals surface area contributed by atoms with Gasteiger partial charge in [-0.05, 0) is 36.1 Å². The van der Waals surface area contributed by atoms with Gasteiger partial charge in [0.1, 0.15) is 24.2 Å². The molecule has 0 unspecified atom stereocenters. The number of ether oxygens (including phenoxy) is 1. The Morgan fingerprint density at radius 3 is 2.41 bits per heavy atom. The van der Waals surface area contributed by atoms with E-state index in [1.165, 1.54) is 12.1 Å². The van der Waals surface area contributed by atoms with Crippen LogP contribution in [0.4, 0.5) is 4.39 Å². The third kappa shape index (κ3) is 4.89. The Morgan fingerprint density at radius 2 is 1.78 bits per heavy atom. The summed E-state index contributed by atoms with van der Waals surface area (Å²) in [5, 5.41) is 8.75. The standard InChI is InChI=1S/C22H20FN3O/c1-2-3-4-17-13-25-22(26-14-17)18-7-5-16(6-8-18)15-27-20-10-9-19(12-24)21(23)11-20/h5-11,13-14H,2-4,15H2,1H3. The van der Waals surface area contributed by atoms with E-state index in [0.29, 0.717) is 18.2 Å². The average molecular weight is 361 g/mol. The number of aryl methyl sites for hydroxylation is 1. The van der Waals surface area contributed by atoms with E-state index in [1.807, 2.05) is 36.7 Å². The molecule has 0 N–H and O–H groups in total. The maximum Gasteiger partial charge on any atom is 0.159 e. The molecular weight excluding hydrogens is 341 g/mol. The summed E-state index contributed by atoms with van der Waals surface area (Å²) in [5.41, 5.74) is 3.04. The number of halogens is 1. The highest BCUT2D eigenvalue weighted by atomic mass is 19.1. The van der Waals surface area contributed by atoms with Crippen LogP contribution in [-0.2, 0) is 13.0 Å². The zero-order valence-corrected chi connectivity index (χ0v) is 15.2. The Balaban J connectivity index is 1.61. The molecule has 3 rings (SSSR count). The predicted octanol–water partition coefficient (Wildman–Crippen LogP) is 5.08. The van der Waals surface area contributed by atoms with Crippen molar-refractivity contribution in [3.8, 4) is 23.2 Å². The van der Waals surface area contributed by atoms with Crippen molar-refractivity contribution in [2.24, 2.45) is 0 Å². The van der Waals surface area contributed by atoms with Crippen molar-refractivity contribution in [3.63, 3.8) is 0 Å². The molecule has 0 aliphatic rings. The van der Waals surface area contributed by atoms with Crippen molar-refractivity contribution in [3.05, 3.63) is 77.4 Å². The lowest BCUT2D eigenvalue weighted by atomic mass is 10.1. The molecule has 0 fully saturated rings. The van der Waals surface area contributed by atoms with E-state index in [1.54, 1.807) is 12.1 Å². The van der Waals surface area contributed by atoms with Crippen molar-refractivity contribution in [1.29, 1.82) is 5.26 Å². The fourth-order valence-corrected chi connectivity index (χ4v) is 2.61. The van der Waals surface area contributed by atoms with Crippen LogP contribution < -0.4 is 4.74 Å². The Morgan fingerprint density at radius 1 is 1.04 bits per heavy atom. The van der Waals surface area contributed by atoms with Gasteiger partial charge in [0.2, 0.25) is 0 Å². The lowest BCUT2D eigenvalue weighted by molar-refractivity contribution is 0.304. The van der Waals surface area contributed by atoms with Gasteiger partial charge in [-0.3, -0.25) is 0 Å². The summed E-state index contributed by atoms with van der Waals surface area (Å²) in [5.74, 6) is 0.503. The van der Waals surface area contributed by atoms with Gasteiger partial charge in [-0.15, -0.1) is 0 Å². The van der Waals surface area contributed by atoms with Gasteiger partial charge in [0.15, 0.2) is 5.82 Å². The van der Waals surface area contributed by atoms with Gasteiger partial charge in [-0.2, -0.15) is 5.26 Å². The molecule has 0 atom stereocenters. The van der Waals surface area contributed by atoms with Crippen molar-refractivity contribution in [2.75, 3.05) is 0 Å². The van der Waals surface area contributed by atoms with Gasteiger partial charge in [-0.1, -0.05) is 37.6 Å². The largest absolute Gasteiger partial charge is 0.489 e. The first-order valence-electron chi connectivity index (χ1n) is 8.92. The van der Waals surface area contributed by atoms with Crippen LogP contribution in [0.25, 0.3) is 11.4 Å². The molecule has 0 aliphatic carbocycles. The molecule has 0 aliphatic heterocycles. The average Bonchev–Trinajstić information content (AvgIpc) is 2.71. The molecule has 0 radical (unpaired) electrons. The minimum Gasteiger partial charge on any atom is -0.489 e. The number of hydrogen-bond acceptors (Lipinski definition) is 4. The van der Waals surface area contributed by atoms with Crippen LogP contribution in [0, 0.1) is 17.1 Å². The van der Waals surface area contributed by atoms with Gasteiger partial charge >= 0.3 is 0 Å². The number of hydrogen-bond donors (Lipinski definition) is 0. The maximum absolute atomic E-state index is 13.6. The van der Waals surface area contributed by atoms with Crippen LogP contribution in [0.15, 0.2) is 54.9 Å². The lowest BCUT2D eigenvalue weighted by Crippen LogP contribution is -1.97. The van der Waals surface area contributed by atoms with Crippen molar-refractivity contribution in [1.82, 2.24) is 9.97 Å². The second kappa shape index (κ2) is 8.91. The molecule has 5 heteroatoms. The second-order valence-electron chi connectivity index (χ2n) is 6.26. The summed E-state index contributed by atoms with van der Waals surface area (Å²) in [6.45, 7) is 2.47. The molecule has 1 aromatic heterocycles. The molecule has 136 valence electrons. The van der Waals surface area contributed by atoms with E-state index in [4.69, 9.17) is 10.00 Å². The summed E-state index contributed by atoms with van der Waals surface area (Å²) >= 11 is 0. The second-order valence-corrected chi connectivity index (χ2v) is 6.26. The molecule has 1 heterocycles. The smallest absolute Gasteiger partial charge is 0.159 e. The number of nitrogens with zero attached hydrogens (tertiary/aromatic N) is 3. The number of nitriles is 1. The van der Waals surface area contributed by atoms with E-state index in [0.717, 1.165) is 36.0 Å². The fourth-order valence-electron chi connectivity index (χ4n) is 2.61. The molecular formula is C22H20FN3O. The van der Waals surface area contributed by atoms with Gasteiger partial charge < -0.3 is 4.74 Å². The molecule has 3 aromatic rings. The van der Waals surface area contributed by atoms with Gasteiger partial charge in [0.25, 0.3) is 0 Å². The normalized spacial score (nSPS) is 10.4. The van der Waals surface area contributed by atoms with Crippen molar-refractivity contribution < 1.29 is 9.13 Å². The Labute approximate surface area is 158 Å². The van der Waals surface area contributed by atoms with E-state index in [-0.39, 0.29) is 5.56 Å². The van der Waals surface area contributed by atoms with Crippen LogP contribution in [0.1, 0.15) is 36.5 Å². The summed E-state index contributed by atoms with van der Waals surface area (Å²) in [4.78, 5) is 8.88. The number of unbranched alkanes of at least 4 members (excludes halogenated alkanes) is 1. The summed E-state index contributed by atoms with van der Waals surface area (Å²) in [6.07, 6.45) is 7.06. The van der Waals surface area contributed by atoms with Gasteiger partial charge in [0, 0.05) is 24.0 Å². The van der Waals surface area contributed by atoms with Gasteiger partial charge in [0.05, 0.1) is 5.56 Å². The highest BCUT2D eigenvalue weighted by Gasteiger charge is 2.05. The molecule has 27 heavy (non-hydrogen) atoms. The molecule has 2 aromatic carbocycles. The van der Waals surface area contributed by atoms with Crippen LogP contribution in [0.3, 0.4) is 0 Å². The van der Waals surface area contributed by atoms with Crippen LogP contribution in [-0.4, -0.2) is 9.97 Å². The van der Waals surface area contributed by atoms with E-state index < -0.39 is 5.82 Å². The monoisotopic (exact) mass is 361 g/mol. The van der Waals surface area contributed by atoms with E-state index >= 15 is 0 Å². The van der Waals surface area contributed by atoms with E-state index in [9.17, 15) is 4.39 Å². The fraction of sp³-hybridized carbons (Fsp3) is 0.227. The third-order valence-corrected chi connectivity index (χ3v) is 4.20. The van der Waals surface area contributed by atoms with Crippen molar-refractivity contribution in [2.45, 2.75) is 32.8 Å². The number of benzene rings is 2. The van der Waals surface area contributed by atoms with Crippen LogP contribution in [0.5, 0.6) is 5.75 Å². The zero-order chi connectivity index (χ0) is 19.1. The predicted molar refractivity (Wildman–Crippen MR) is 102 cm³/mol. The number of rotatable bonds is 7. The Hall–Kier alpha value is -3.26. The van der Waals surface area contributed by atoms with E-state index in [2.05, 4.69) is 16.9 Å². The Kier molecular flexibility index (Phi) is 6.11. The van der Waals surface area contributed by atoms with Crippen molar-refractivity contribution >= 4 is 0 Å². The highest BCUT2D eigenvalue weighted by Crippen LogP contribution is 2.19. The molecule has 0 spiro atoms. The first-order chi connectivity index (χ1) is 13.2. The molecule has 0 saturated heterocycles. The Bertz CT molecular complexity index is 931. The topological polar surface area (TPSA) is 58.8 Å². The first kappa shape index (κ1) is 18.5. The number of aromatic nitrogens is 2. The first-order valence-corrected chi connectivity index (χ1v) is 8.92. The maximum atomic E-state index is 13.6. The molecule has 0 saturated carbocycles. The zero-order valence-electron chi connectivity index (χ0n) is 15.2. The summed E-state index contributed by atoms with van der Waals surface area (Å²) < 4.78 is 19.2. The molecule has 0 amide bonds. The van der Waals surface area contributed by atoms with Crippen LogP contribution >= 0.6 is 0 Å².